The van der Waals surface area contributed by atoms with E-state index in [0.717, 1.165) is 6.20 Å². The van der Waals surface area contributed by atoms with Crippen LogP contribution >= 0.6 is 0 Å². The van der Waals surface area contributed by atoms with Crippen LogP contribution in [0.5, 0.6) is 0 Å². The van der Waals surface area contributed by atoms with Crippen molar-refractivity contribution in [1.82, 2.24) is 9.78 Å². The highest BCUT2D eigenvalue weighted by Gasteiger charge is 2.08. The van der Waals surface area contributed by atoms with Crippen LogP contribution in [-0.4, -0.2) is 20.7 Å². The molecular formula is C6H7F2N3O. The number of aromatic nitrogens is 2. The standard InChI is InChI=1S/C6H7F2N3O/c1-4(10-12)5-2-3-11(9-5)6(7)8/h2-3,6,12H,1H3/b10-4+. The summed E-state index contributed by atoms with van der Waals surface area (Å²) in [5.41, 5.74) is 0.437. The summed E-state index contributed by atoms with van der Waals surface area (Å²) in [7, 11) is 0. The molecule has 0 spiro atoms. The van der Waals surface area contributed by atoms with E-state index in [1.807, 2.05) is 0 Å². The Morgan fingerprint density at radius 3 is 2.83 bits per heavy atom. The minimum Gasteiger partial charge on any atom is -0.411 e. The van der Waals surface area contributed by atoms with E-state index >= 15 is 0 Å². The summed E-state index contributed by atoms with van der Waals surface area (Å²) in [4.78, 5) is 0. The summed E-state index contributed by atoms with van der Waals surface area (Å²) in [6.45, 7) is -1.19. The van der Waals surface area contributed by atoms with Gasteiger partial charge in [0, 0.05) is 6.20 Å². The number of nitrogens with zero attached hydrogens (tertiary/aromatic N) is 3. The molecule has 0 aliphatic carbocycles. The van der Waals surface area contributed by atoms with Crippen molar-refractivity contribution in [2.75, 3.05) is 0 Å². The Kier molecular flexibility index (Phi) is 2.37. The van der Waals surface area contributed by atoms with Gasteiger partial charge in [-0.15, -0.1) is 0 Å². The highest BCUT2D eigenvalue weighted by Crippen LogP contribution is 2.08. The molecule has 1 aromatic rings. The van der Waals surface area contributed by atoms with Gasteiger partial charge in [0.1, 0.15) is 11.4 Å². The number of hydrogen-bond donors (Lipinski definition) is 1. The van der Waals surface area contributed by atoms with E-state index < -0.39 is 6.55 Å². The summed E-state index contributed by atoms with van der Waals surface area (Å²) in [6.07, 6.45) is 1.12. The molecule has 12 heavy (non-hydrogen) atoms. The van der Waals surface area contributed by atoms with Gasteiger partial charge in [0.15, 0.2) is 0 Å². The van der Waals surface area contributed by atoms with Gasteiger partial charge in [-0.2, -0.15) is 13.9 Å². The van der Waals surface area contributed by atoms with Gasteiger partial charge in [0.25, 0.3) is 0 Å². The fraction of sp³-hybridized carbons (Fsp3) is 0.333. The number of halogens is 2. The lowest BCUT2D eigenvalue weighted by molar-refractivity contribution is 0.0565. The summed E-state index contributed by atoms with van der Waals surface area (Å²) >= 11 is 0. The molecule has 0 aliphatic rings. The molecule has 4 nitrogen and oxygen atoms in total. The highest BCUT2D eigenvalue weighted by atomic mass is 19.3. The average molecular weight is 175 g/mol. The molecule has 1 aromatic heterocycles. The van der Waals surface area contributed by atoms with E-state index in [1.54, 1.807) is 0 Å². The molecule has 0 radical (unpaired) electrons. The topological polar surface area (TPSA) is 50.4 Å². The molecule has 0 saturated carbocycles. The zero-order chi connectivity index (χ0) is 9.14. The van der Waals surface area contributed by atoms with Gasteiger partial charge in [-0.3, -0.25) is 0 Å². The lowest BCUT2D eigenvalue weighted by Gasteiger charge is -1.95. The average Bonchev–Trinajstić information content (AvgIpc) is 2.51. The summed E-state index contributed by atoms with van der Waals surface area (Å²) in [5.74, 6) is 0. The van der Waals surface area contributed by atoms with Crippen molar-refractivity contribution in [1.29, 1.82) is 0 Å². The predicted molar refractivity (Wildman–Crippen MR) is 37.5 cm³/mol. The zero-order valence-electron chi connectivity index (χ0n) is 6.28. The van der Waals surface area contributed by atoms with Crippen molar-refractivity contribution in [3.05, 3.63) is 18.0 Å². The third kappa shape index (κ3) is 1.58. The quantitative estimate of drug-likeness (QED) is 0.420. The lowest BCUT2D eigenvalue weighted by Crippen LogP contribution is -2.02. The van der Waals surface area contributed by atoms with Crippen molar-refractivity contribution in [3.8, 4) is 0 Å². The Hall–Kier alpha value is -1.46. The van der Waals surface area contributed by atoms with E-state index in [1.165, 1.54) is 13.0 Å². The zero-order valence-corrected chi connectivity index (χ0v) is 6.28. The Morgan fingerprint density at radius 2 is 2.42 bits per heavy atom. The van der Waals surface area contributed by atoms with Gasteiger partial charge in [0.2, 0.25) is 0 Å². The first-order chi connectivity index (χ1) is 5.65. The van der Waals surface area contributed by atoms with Crippen molar-refractivity contribution in [2.45, 2.75) is 13.5 Å². The van der Waals surface area contributed by atoms with E-state index in [9.17, 15) is 8.78 Å². The molecule has 0 saturated heterocycles. The molecule has 0 amide bonds. The molecule has 0 aromatic carbocycles. The fourth-order valence-electron chi connectivity index (χ4n) is 0.691. The molecule has 6 heteroatoms. The number of rotatable bonds is 2. The van der Waals surface area contributed by atoms with Crippen molar-refractivity contribution < 1.29 is 14.0 Å². The third-order valence-corrected chi connectivity index (χ3v) is 1.33. The number of oxime groups is 1. The first kappa shape index (κ1) is 8.63. The Bertz CT molecular complexity index is 295. The molecule has 0 atom stereocenters. The normalized spacial score (nSPS) is 12.5. The van der Waals surface area contributed by atoms with Crippen LogP contribution in [0, 0.1) is 0 Å². The van der Waals surface area contributed by atoms with E-state index in [-0.39, 0.29) is 11.4 Å². The highest BCUT2D eigenvalue weighted by molar-refractivity contribution is 5.96. The van der Waals surface area contributed by atoms with E-state index in [2.05, 4.69) is 10.3 Å². The largest absolute Gasteiger partial charge is 0.411 e. The van der Waals surface area contributed by atoms with Gasteiger partial charge < -0.3 is 5.21 Å². The van der Waals surface area contributed by atoms with Crippen molar-refractivity contribution >= 4 is 5.71 Å². The second-order valence-corrected chi connectivity index (χ2v) is 2.14. The molecule has 66 valence electrons. The van der Waals surface area contributed by atoms with Crippen LogP contribution in [-0.2, 0) is 0 Å². The van der Waals surface area contributed by atoms with Crippen LogP contribution in [0.4, 0.5) is 8.78 Å². The van der Waals surface area contributed by atoms with E-state index in [0.29, 0.717) is 4.68 Å². The second kappa shape index (κ2) is 3.29. The van der Waals surface area contributed by atoms with Crippen LogP contribution in [0.25, 0.3) is 0 Å². The Balaban J connectivity index is 2.92. The maximum absolute atomic E-state index is 11.9. The molecule has 0 bridgehead atoms. The summed E-state index contributed by atoms with van der Waals surface area (Å²) in [6, 6.07) is 1.35. The monoisotopic (exact) mass is 175 g/mol. The van der Waals surface area contributed by atoms with Gasteiger partial charge in [0.05, 0.1) is 0 Å². The van der Waals surface area contributed by atoms with Crippen LogP contribution in [0.2, 0.25) is 0 Å². The number of alkyl halides is 2. The van der Waals surface area contributed by atoms with E-state index in [4.69, 9.17) is 5.21 Å². The van der Waals surface area contributed by atoms with Crippen molar-refractivity contribution in [3.63, 3.8) is 0 Å². The van der Waals surface area contributed by atoms with Gasteiger partial charge >= 0.3 is 6.55 Å². The van der Waals surface area contributed by atoms with Crippen LogP contribution in [0.15, 0.2) is 17.4 Å². The minimum atomic E-state index is -2.66. The molecule has 0 aliphatic heterocycles. The molecule has 1 N–H and O–H groups in total. The number of hydrogen-bond acceptors (Lipinski definition) is 3. The van der Waals surface area contributed by atoms with Crippen LogP contribution < -0.4 is 0 Å². The van der Waals surface area contributed by atoms with Gasteiger partial charge in [-0.25, -0.2) is 4.68 Å². The van der Waals surface area contributed by atoms with Crippen LogP contribution in [0.3, 0.4) is 0 Å². The lowest BCUT2D eigenvalue weighted by atomic mass is 10.3. The molecule has 0 unspecified atom stereocenters. The minimum absolute atomic E-state index is 0.203. The third-order valence-electron chi connectivity index (χ3n) is 1.33. The Labute approximate surface area is 67.1 Å². The molecule has 1 rings (SSSR count). The molecular weight excluding hydrogens is 168 g/mol. The van der Waals surface area contributed by atoms with Gasteiger partial charge in [-0.05, 0) is 13.0 Å². The molecule has 0 fully saturated rings. The smallest absolute Gasteiger partial charge is 0.333 e. The second-order valence-electron chi connectivity index (χ2n) is 2.14. The maximum atomic E-state index is 11.9. The summed E-state index contributed by atoms with van der Waals surface area (Å²) in [5, 5.41) is 14.6. The van der Waals surface area contributed by atoms with Crippen molar-refractivity contribution in [2.24, 2.45) is 5.16 Å². The molecule has 1 heterocycles. The van der Waals surface area contributed by atoms with Crippen LogP contribution in [0.1, 0.15) is 19.2 Å². The Morgan fingerprint density at radius 1 is 1.75 bits per heavy atom. The SMILES string of the molecule is C/C(=N\O)c1ccn(C(F)F)n1. The van der Waals surface area contributed by atoms with Gasteiger partial charge in [-0.1, -0.05) is 5.16 Å². The first-order valence-corrected chi connectivity index (χ1v) is 3.17. The predicted octanol–water partition coefficient (Wildman–Crippen LogP) is 1.48. The summed E-state index contributed by atoms with van der Waals surface area (Å²) < 4.78 is 24.4. The first-order valence-electron chi connectivity index (χ1n) is 3.17. The fourth-order valence-corrected chi connectivity index (χ4v) is 0.691. The maximum Gasteiger partial charge on any atom is 0.333 e.